The first-order valence-corrected chi connectivity index (χ1v) is 12.4. The first-order valence-electron chi connectivity index (χ1n) is 12.0. The fraction of sp³-hybridized carbons (Fsp3) is 0.138. The molecule has 38 heavy (non-hydrogen) atoms. The number of carbonyl (C=O) groups excluding carboxylic acids is 2. The number of anilines is 2. The van der Waals surface area contributed by atoms with Gasteiger partial charge in [0.25, 0.3) is 5.91 Å². The minimum atomic E-state index is -0.538. The zero-order chi connectivity index (χ0) is 27.1. The Bertz CT molecular complexity index is 1430. The maximum absolute atomic E-state index is 12.5. The van der Waals surface area contributed by atoms with Gasteiger partial charge >= 0.3 is 0 Å². The lowest BCUT2D eigenvalue weighted by molar-refractivity contribution is -0.104. The molecular formula is C29H28ClN5O3. The molecule has 0 fully saturated rings. The summed E-state index contributed by atoms with van der Waals surface area (Å²) in [7, 11) is 1.86. The summed E-state index contributed by atoms with van der Waals surface area (Å²) in [6.45, 7) is 3.78. The molecule has 1 amide bonds. The largest absolute Gasteiger partial charge is 0.457 e. The number of carbonyl (C=O) groups is 2. The number of nitrogens with two attached hydrogens (primary N) is 1. The number of fused-ring (bicyclic) bond motifs is 1. The van der Waals surface area contributed by atoms with E-state index in [2.05, 4.69) is 17.2 Å². The molecule has 5 rings (SSSR count). The van der Waals surface area contributed by atoms with Crippen LogP contribution < -0.4 is 21.1 Å². The highest BCUT2D eigenvalue weighted by Crippen LogP contribution is 2.39. The van der Waals surface area contributed by atoms with Crippen LogP contribution in [0.4, 0.5) is 11.5 Å². The summed E-state index contributed by atoms with van der Waals surface area (Å²) in [6.07, 6.45) is 2.60. The molecule has 1 atom stereocenters. The minimum absolute atomic E-state index is 0.135. The Morgan fingerprint density at radius 3 is 2.47 bits per heavy atom. The van der Waals surface area contributed by atoms with Crippen LogP contribution in [0, 0.1) is 0 Å². The highest BCUT2D eigenvalue weighted by Gasteiger charge is 2.31. The highest BCUT2D eigenvalue weighted by atomic mass is 35.5. The zero-order valence-corrected chi connectivity index (χ0v) is 21.6. The van der Waals surface area contributed by atoms with Crippen molar-refractivity contribution in [2.75, 3.05) is 24.2 Å². The molecule has 4 aromatic rings. The number of ether oxygens (including phenoxy) is 1. The van der Waals surface area contributed by atoms with Crippen LogP contribution in [-0.4, -0.2) is 35.6 Å². The van der Waals surface area contributed by atoms with Gasteiger partial charge in [-0.3, -0.25) is 9.59 Å². The maximum atomic E-state index is 12.5. The number of amides is 1. The van der Waals surface area contributed by atoms with Gasteiger partial charge in [-0.05, 0) is 72.7 Å². The number of halogens is 1. The number of aromatic nitrogens is 2. The van der Waals surface area contributed by atoms with Gasteiger partial charge in [-0.1, -0.05) is 36.4 Å². The number of nitrogens with one attached hydrogen (secondary N) is 2. The molecule has 0 saturated carbocycles. The molecule has 1 unspecified atom stereocenters. The zero-order valence-electron chi connectivity index (χ0n) is 20.9. The lowest BCUT2D eigenvalue weighted by Crippen LogP contribution is -2.26. The van der Waals surface area contributed by atoms with Crippen molar-refractivity contribution in [3.8, 4) is 22.8 Å². The number of benzene rings is 3. The molecule has 1 aliphatic rings. The molecule has 2 heterocycles. The van der Waals surface area contributed by atoms with Crippen molar-refractivity contribution in [3.63, 3.8) is 0 Å². The predicted octanol–water partition coefficient (Wildman–Crippen LogP) is 5.91. The molecule has 4 N–H and O–H groups in total. The normalized spacial score (nSPS) is 13.7. The summed E-state index contributed by atoms with van der Waals surface area (Å²) >= 11 is 6.57. The Morgan fingerprint density at radius 2 is 1.84 bits per heavy atom. The van der Waals surface area contributed by atoms with E-state index in [0.29, 0.717) is 40.7 Å². The molecule has 0 aliphatic carbocycles. The van der Waals surface area contributed by atoms with Crippen LogP contribution in [0.1, 0.15) is 28.4 Å². The van der Waals surface area contributed by atoms with Crippen LogP contribution in [0.2, 0.25) is 5.02 Å². The monoisotopic (exact) mass is 529 g/mol. The predicted molar refractivity (Wildman–Crippen MR) is 151 cm³/mol. The highest BCUT2D eigenvalue weighted by molar-refractivity contribution is 6.31. The Hall–Kier alpha value is -4.56. The number of nitrogens with zero attached hydrogens (tertiary/aromatic N) is 2. The SMILES string of the molecule is C=CC=O.CNc1ccc(Cl)c(C2CCNc3c(C(N)=O)c(-c4ccc(Oc5ccccc5)cc4)nn32)c1. The van der Waals surface area contributed by atoms with E-state index in [-0.39, 0.29) is 6.04 Å². The average Bonchev–Trinajstić information content (AvgIpc) is 3.35. The van der Waals surface area contributed by atoms with Crippen molar-refractivity contribution in [1.82, 2.24) is 9.78 Å². The smallest absolute Gasteiger partial charge is 0.254 e. The van der Waals surface area contributed by atoms with Gasteiger partial charge in [0.05, 0.1) is 6.04 Å². The van der Waals surface area contributed by atoms with E-state index in [1.165, 1.54) is 6.08 Å². The molecule has 0 saturated heterocycles. The van der Waals surface area contributed by atoms with Gasteiger partial charge in [-0.2, -0.15) is 5.10 Å². The first-order chi connectivity index (χ1) is 18.5. The van der Waals surface area contributed by atoms with Crippen LogP contribution >= 0.6 is 11.6 Å². The lowest BCUT2D eigenvalue weighted by Gasteiger charge is -2.27. The number of hydrogen-bond acceptors (Lipinski definition) is 6. The Kier molecular flexibility index (Phi) is 8.45. The fourth-order valence-corrected chi connectivity index (χ4v) is 4.51. The number of aldehydes is 1. The molecule has 1 aliphatic heterocycles. The van der Waals surface area contributed by atoms with Crippen molar-refractivity contribution < 1.29 is 14.3 Å². The minimum Gasteiger partial charge on any atom is -0.457 e. The van der Waals surface area contributed by atoms with Crippen molar-refractivity contribution in [2.45, 2.75) is 12.5 Å². The van der Waals surface area contributed by atoms with E-state index in [1.54, 1.807) is 0 Å². The van der Waals surface area contributed by atoms with Crippen molar-refractivity contribution in [3.05, 3.63) is 102 Å². The second-order valence-corrected chi connectivity index (χ2v) is 8.82. The second-order valence-electron chi connectivity index (χ2n) is 8.41. The maximum Gasteiger partial charge on any atom is 0.254 e. The van der Waals surface area contributed by atoms with Gasteiger partial charge < -0.3 is 21.1 Å². The number of rotatable bonds is 7. The fourth-order valence-electron chi connectivity index (χ4n) is 4.26. The number of para-hydroxylation sites is 1. The average molecular weight is 530 g/mol. The van der Waals surface area contributed by atoms with Crippen molar-refractivity contribution in [1.29, 1.82) is 0 Å². The molecule has 0 spiro atoms. The molecule has 0 radical (unpaired) electrons. The summed E-state index contributed by atoms with van der Waals surface area (Å²) in [5.41, 5.74) is 9.37. The van der Waals surface area contributed by atoms with Gasteiger partial charge in [0.2, 0.25) is 0 Å². The van der Waals surface area contributed by atoms with E-state index in [4.69, 9.17) is 32.0 Å². The second kappa shape index (κ2) is 12.1. The molecule has 194 valence electrons. The summed E-state index contributed by atoms with van der Waals surface area (Å²) in [5.74, 6) is 1.50. The van der Waals surface area contributed by atoms with Crippen molar-refractivity contribution in [2.24, 2.45) is 5.73 Å². The molecule has 0 bridgehead atoms. The van der Waals surface area contributed by atoms with Crippen LogP contribution in [0.15, 0.2) is 85.5 Å². The molecule has 3 aromatic carbocycles. The van der Waals surface area contributed by atoms with E-state index in [9.17, 15) is 4.79 Å². The first kappa shape index (κ1) is 26.5. The van der Waals surface area contributed by atoms with Crippen LogP contribution in [0.5, 0.6) is 11.5 Å². The van der Waals surface area contributed by atoms with E-state index in [1.807, 2.05) is 84.5 Å². The number of hydrogen-bond donors (Lipinski definition) is 3. The van der Waals surface area contributed by atoms with Gasteiger partial charge in [0, 0.05) is 29.9 Å². The number of primary amides is 1. The third-order valence-electron chi connectivity index (χ3n) is 6.01. The van der Waals surface area contributed by atoms with Gasteiger partial charge in [0.15, 0.2) is 0 Å². The third-order valence-corrected chi connectivity index (χ3v) is 6.35. The quantitative estimate of drug-likeness (QED) is 0.203. The Balaban J connectivity index is 0.000000786. The number of allylic oxidation sites excluding steroid dienone is 1. The van der Waals surface area contributed by atoms with E-state index < -0.39 is 5.91 Å². The summed E-state index contributed by atoms with van der Waals surface area (Å²) in [5, 5.41) is 12.0. The lowest BCUT2D eigenvalue weighted by atomic mass is 10.0. The van der Waals surface area contributed by atoms with Gasteiger partial charge in [-0.15, -0.1) is 0 Å². The molecular weight excluding hydrogens is 502 g/mol. The van der Waals surface area contributed by atoms with Gasteiger partial charge in [-0.25, -0.2) is 4.68 Å². The van der Waals surface area contributed by atoms with Crippen LogP contribution in [0.3, 0.4) is 0 Å². The summed E-state index contributed by atoms with van der Waals surface area (Å²) in [4.78, 5) is 21.6. The molecule has 9 heteroatoms. The molecule has 8 nitrogen and oxygen atoms in total. The Morgan fingerprint density at radius 1 is 1.16 bits per heavy atom. The van der Waals surface area contributed by atoms with Gasteiger partial charge in [0.1, 0.15) is 34.9 Å². The van der Waals surface area contributed by atoms with Crippen LogP contribution in [-0.2, 0) is 4.79 Å². The standard InChI is InChI=1S/C26H24ClN5O2.C3H4O/c1-29-17-9-12-21(27)20(15-17)22-13-14-30-26-23(25(28)33)24(31-32(22)26)16-7-10-19(11-8-16)34-18-5-3-2-4-6-18;1-2-3-4/h2-12,15,22,29-30H,13-14H2,1H3,(H2,28,33);2-3H,1H2. The van der Waals surface area contributed by atoms with E-state index >= 15 is 0 Å². The molecule has 1 aromatic heterocycles. The Labute approximate surface area is 226 Å². The van der Waals surface area contributed by atoms with Crippen molar-refractivity contribution >= 4 is 35.3 Å². The third kappa shape index (κ3) is 5.71. The summed E-state index contributed by atoms with van der Waals surface area (Å²) < 4.78 is 7.72. The van der Waals surface area contributed by atoms with E-state index in [0.717, 1.165) is 29.0 Å². The topological polar surface area (TPSA) is 111 Å². The summed E-state index contributed by atoms with van der Waals surface area (Å²) in [6, 6.07) is 22.7. The van der Waals surface area contributed by atoms with Crippen LogP contribution in [0.25, 0.3) is 11.3 Å².